The molecule has 0 aromatic heterocycles. The van der Waals surface area contributed by atoms with E-state index in [4.69, 9.17) is 13.6 Å². The summed E-state index contributed by atoms with van der Waals surface area (Å²) in [6.45, 7) is 32.5. The van der Waals surface area contributed by atoms with Crippen LogP contribution in [0.25, 0.3) is 0 Å². The standard InChI is InChI=1S/C41H75NO4Si2/c1-15-16-17-18-19-20-21-22-23-24-38-39(45-47(30(2)3,31(4)5)32(6)7)40(46-48(33(8)9,34(10)11)35(12)13)41(43)42(38)29-36-25-27-37(44-14)28-26-36/h15,25-28,30-35,38-40H,1,16-24,29H2,2-14H3/t38-,39-,40+/m1/s1. The van der Waals surface area contributed by atoms with Crippen molar-refractivity contribution in [1.29, 1.82) is 0 Å². The van der Waals surface area contributed by atoms with Crippen molar-refractivity contribution in [2.45, 2.75) is 199 Å². The van der Waals surface area contributed by atoms with E-state index in [1.165, 1.54) is 38.5 Å². The first-order chi connectivity index (χ1) is 22.6. The zero-order valence-corrected chi connectivity index (χ0v) is 35.4. The molecule has 48 heavy (non-hydrogen) atoms. The minimum absolute atomic E-state index is 0.0153. The molecule has 1 fully saturated rings. The predicted octanol–water partition coefficient (Wildman–Crippen LogP) is 12.2. The summed E-state index contributed by atoms with van der Waals surface area (Å²) in [7, 11) is -3.04. The third-order valence-corrected chi connectivity index (χ3v) is 23.8. The molecule has 1 saturated heterocycles. The van der Waals surface area contributed by atoms with Gasteiger partial charge in [0.25, 0.3) is 5.91 Å². The number of rotatable bonds is 23. The van der Waals surface area contributed by atoms with E-state index in [-0.39, 0.29) is 18.1 Å². The van der Waals surface area contributed by atoms with E-state index in [0.29, 0.717) is 39.8 Å². The number of hydrogen-bond donors (Lipinski definition) is 0. The molecule has 7 heteroatoms. The van der Waals surface area contributed by atoms with Crippen molar-refractivity contribution in [3.8, 4) is 5.75 Å². The maximum Gasteiger partial charge on any atom is 0.253 e. The van der Waals surface area contributed by atoms with Gasteiger partial charge in [-0.15, -0.1) is 6.58 Å². The number of unbranched alkanes of at least 4 members (excludes halogenated alkanes) is 7. The van der Waals surface area contributed by atoms with Crippen LogP contribution in [0.3, 0.4) is 0 Å². The fourth-order valence-electron chi connectivity index (χ4n) is 9.35. The van der Waals surface area contributed by atoms with Crippen molar-refractivity contribution in [3.63, 3.8) is 0 Å². The first-order valence-electron chi connectivity index (χ1n) is 19.5. The third-order valence-electron chi connectivity index (χ3n) is 11.6. The van der Waals surface area contributed by atoms with Gasteiger partial charge < -0.3 is 18.5 Å². The molecular formula is C41H75NO4Si2. The lowest BCUT2D eigenvalue weighted by atomic mass is 10.0. The van der Waals surface area contributed by atoms with Gasteiger partial charge in [-0.25, -0.2) is 0 Å². The lowest BCUT2D eigenvalue weighted by molar-refractivity contribution is -0.136. The van der Waals surface area contributed by atoms with E-state index < -0.39 is 22.7 Å². The molecule has 1 aromatic rings. The molecule has 0 aliphatic carbocycles. The second-order valence-electron chi connectivity index (χ2n) is 16.5. The van der Waals surface area contributed by atoms with Gasteiger partial charge in [0.1, 0.15) is 5.75 Å². The Morgan fingerprint density at radius 2 is 1.12 bits per heavy atom. The van der Waals surface area contributed by atoms with E-state index in [2.05, 4.69) is 107 Å². The Labute approximate surface area is 299 Å². The van der Waals surface area contributed by atoms with Crippen LogP contribution in [-0.4, -0.2) is 52.8 Å². The number of hydrogen-bond acceptors (Lipinski definition) is 4. The summed E-state index contributed by atoms with van der Waals surface area (Å²) in [6.07, 6.45) is 11.9. The molecule has 0 saturated carbocycles. The molecule has 3 atom stereocenters. The lowest BCUT2D eigenvalue weighted by Gasteiger charge is -2.48. The van der Waals surface area contributed by atoms with Crippen LogP contribution >= 0.6 is 0 Å². The molecule has 5 nitrogen and oxygen atoms in total. The number of likely N-dealkylation sites (tertiary alicyclic amines) is 1. The average Bonchev–Trinajstić information content (AvgIpc) is 3.25. The van der Waals surface area contributed by atoms with Gasteiger partial charge in [0, 0.05) is 6.54 Å². The van der Waals surface area contributed by atoms with Crippen molar-refractivity contribution in [3.05, 3.63) is 42.5 Å². The average molecular weight is 702 g/mol. The van der Waals surface area contributed by atoms with Crippen molar-refractivity contribution in [2.75, 3.05) is 7.11 Å². The monoisotopic (exact) mass is 702 g/mol. The number of nitrogens with zero attached hydrogens (tertiary/aromatic N) is 1. The highest BCUT2D eigenvalue weighted by atomic mass is 28.4. The molecule has 1 aliphatic heterocycles. The van der Waals surface area contributed by atoms with E-state index >= 15 is 0 Å². The number of methoxy groups -OCH3 is 1. The number of ether oxygens (including phenoxy) is 1. The van der Waals surface area contributed by atoms with Gasteiger partial charge in [-0.05, 0) is 70.2 Å². The quantitative estimate of drug-likeness (QED) is 0.0647. The van der Waals surface area contributed by atoms with Crippen LogP contribution < -0.4 is 4.74 Å². The maximum absolute atomic E-state index is 15.0. The van der Waals surface area contributed by atoms with E-state index in [1.807, 2.05) is 18.2 Å². The van der Waals surface area contributed by atoms with Crippen LogP contribution in [-0.2, 0) is 20.2 Å². The van der Waals surface area contributed by atoms with Crippen molar-refractivity contribution >= 4 is 22.5 Å². The molecule has 1 amide bonds. The predicted molar refractivity (Wildman–Crippen MR) is 211 cm³/mol. The molecule has 1 aliphatic rings. The van der Waals surface area contributed by atoms with Crippen LogP contribution in [0.5, 0.6) is 5.75 Å². The third kappa shape index (κ3) is 10.1. The maximum atomic E-state index is 15.0. The van der Waals surface area contributed by atoms with Gasteiger partial charge in [-0.2, -0.15) is 0 Å². The van der Waals surface area contributed by atoms with E-state index in [9.17, 15) is 4.79 Å². The summed E-state index contributed by atoms with van der Waals surface area (Å²) in [6, 6.07) is 8.20. The van der Waals surface area contributed by atoms with Gasteiger partial charge >= 0.3 is 0 Å². The Morgan fingerprint density at radius 3 is 1.56 bits per heavy atom. The number of allylic oxidation sites excluding steroid dienone is 1. The van der Waals surface area contributed by atoms with Crippen LogP contribution in [0.15, 0.2) is 36.9 Å². The van der Waals surface area contributed by atoms with E-state index in [1.54, 1.807) is 7.11 Å². The summed E-state index contributed by atoms with van der Waals surface area (Å²) < 4.78 is 20.7. The number of benzene rings is 1. The van der Waals surface area contributed by atoms with Crippen molar-refractivity contribution in [2.24, 2.45) is 0 Å². The highest BCUT2D eigenvalue weighted by molar-refractivity contribution is 6.78. The van der Waals surface area contributed by atoms with Gasteiger partial charge in [0.15, 0.2) is 6.10 Å². The zero-order valence-electron chi connectivity index (χ0n) is 33.4. The van der Waals surface area contributed by atoms with Gasteiger partial charge in [-0.1, -0.05) is 140 Å². The Morgan fingerprint density at radius 1 is 0.688 bits per heavy atom. The first kappa shape index (κ1) is 42.8. The molecule has 2 rings (SSSR count). The summed E-state index contributed by atoms with van der Waals surface area (Å²) in [4.78, 5) is 17.1. The second kappa shape index (κ2) is 19.8. The fraction of sp³-hybridized carbons (Fsp3) is 0.780. The minimum atomic E-state index is -2.39. The van der Waals surface area contributed by atoms with Crippen molar-refractivity contribution < 1.29 is 18.4 Å². The van der Waals surface area contributed by atoms with Crippen LogP contribution in [0.1, 0.15) is 146 Å². The molecule has 0 N–H and O–H groups in total. The highest BCUT2D eigenvalue weighted by Crippen LogP contribution is 2.49. The Kier molecular flexibility index (Phi) is 17.7. The first-order valence-corrected chi connectivity index (χ1v) is 23.8. The zero-order chi connectivity index (χ0) is 36.2. The Bertz CT molecular complexity index is 1040. The van der Waals surface area contributed by atoms with Gasteiger partial charge in [0.2, 0.25) is 16.6 Å². The molecule has 0 spiro atoms. The lowest BCUT2D eigenvalue weighted by Crippen LogP contribution is -2.57. The molecule has 1 aromatic carbocycles. The molecular weight excluding hydrogens is 627 g/mol. The summed E-state index contributed by atoms with van der Waals surface area (Å²) in [5, 5.41) is 0. The summed E-state index contributed by atoms with van der Waals surface area (Å²) >= 11 is 0. The Balaban J connectivity index is 2.60. The summed E-state index contributed by atoms with van der Waals surface area (Å²) in [5.41, 5.74) is 3.54. The van der Waals surface area contributed by atoms with Gasteiger partial charge in [0.05, 0.1) is 19.3 Å². The van der Waals surface area contributed by atoms with Gasteiger partial charge in [-0.3, -0.25) is 4.79 Å². The van der Waals surface area contributed by atoms with Crippen LogP contribution in [0.2, 0.25) is 33.2 Å². The Hall–Kier alpha value is -1.42. The molecule has 0 bridgehead atoms. The molecule has 0 unspecified atom stereocenters. The number of carbonyl (C=O) groups is 1. The molecule has 276 valence electrons. The SMILES string of the molecule is C=CCCCCCCCCC[C@@H]1[C@@H](O[Si](C(C)C)(C(C)C)C(C)C)[C@H](O[Si](C(C)C)(C(C)C)C(C)C)C(=O)N1Cc1ccc(OC)cc1. The topological polar surface area (TPSA) is 48.0 Å². The van der Waals surface area contributed by atoms with Crippen LogP contribution in [0.4, 0.5) is 0 Å². The number of amides is 1. The van der Waals surface area contributed by atoms with Crippen molar-refractivity contribution in [1.82, 2.24) is 4.90 Å². The largest absolute Gasteiger partial charge is 0.497 e. The summed E-state index contributed by atoms with van der Waals surface area (Å²) in [5.74, 6) is 0.958. The minimum Gasteiger partial charge on any atom is -0.497 e. The fourth-order valence-corrected chi connectivity index (χ4v) is 20.4. The van der Waals surface area contributed by atoms with Crippen LogP contribution in [0, 0.1) is 0 Å². The molecule has 1 heterocycles. The highest BCUT2D eigenvalue weighted by Gasteiger charge is 2.58. The normalized spacial score (nSPS) is 19.3. The second-order valence-corrected chi connectivity index (χ2v) is 27.3. The molecule has 0 radical (unpaired) electrons. The number of carbonyl (C=O) groups excluding carboxylic acids is 1. The van der Waals surface area contributed by atoms with E-state index in [0.717, 1.165) is 30.6 Å². The smallest absolute Gasteiger partial charge is 0.253 e.